The lowest BCUT2D eigenvalue weighted by molar-refractivity contribution is -0.154. The highest BCUT2D eigenvalue weighted by molar-refractivity contribution is 5.88. The minimum atomic E-state index is -1.27. The maximum absolute atomic E-state index is 13.8. The van der Waals surface area contributed by atoms with E-state index in [9.17, 15) is 19.8 Å². The highest BCUT2D eigenvalue weighted by Crippen LogP contribution is 2.45. The molecule has 39 heavy (non-hydrogen) atoms. The number of hydrogen-bond acceptors (Lipinski definition) is 9. The van der Waals surface area contributed by atoms with Crippen LogP contribution in [0.25, 0.3) is 6.08 Å². The number of epoxide rings is 2. The summed E-state index contributed by atoms with van der Waals surface area (Å²) in [5, 5.41) is 22.4. The van der Waals surface area contributed by atoms with Gasteiger partial charge in [-0.15, -0.1) is 0 Å². The van der Waals surface area contributed by atoms with Crippen LogP contribution < -0.4 is 0 Å². The van der Waals surface area contributed by atoms with Crippen LogP contribution in [-0.4, -0.2) is 69.7 Å². The molecule has 3 aliphatic heterocycles. The number of aliphatic hydroxyl groups excluding tert-OH is 2. The standard InChI is InChI=1S/C30H45NO8/c1-17-8-7-11-30(6)25(39-30)13-23(18(2)12-20-15-36-19(3)31-20)38-26(33)14-24(32)29(4,5)28(35)22(27(17)34)10-9-21-16-37-21/h12,15,17,21-25,27,32,34H,7-11,13-14,16H2,1-6H3. The lowest BCUT2D eigenvalue weighted by Crippen LogP contribution is -2.47. The molecule has 218 valence electrons. The molecule has 0 aromatic carbocycles. The number of cyclic esters (lactones) is 1. The molecule has 0 spiro atoms. The minimum absolute atomic E-state index is 0.0833. The zero-order chi connectivity index (χ0) is 28.5. The molecular weight excluding hydrogens is 502 g/mol. The maximum Gasteiger partial charge on any atom is 0.309 e. The SMILES string of the molecule is CC(=Cc1coc(C)n1)C1CC2OC2(C)CCCC(C)C(O)C(CCC2CO2)C(=O)C(C)(C)C(O)CC(=O)O1. The fourth-order valence-electron chi connectivity index (χ4n) is 5.76. The molecule has 0 aliphatic carbocycles. The van der Waals surface area contributed by atoms with Crippen molar-refractivity contribution in [1.29, 1.82) is 0 Å². The Labute approximate surface area is 231 Å². The van der Waals surface area contributed by atoms with E-state index >= 15 is 0 Å². The molecule has 3 saturated heterocycles. The highest BCUT2D eigenvalue weighted by atomic mass is 16.6. The van der Waals surface area contributed by atoms with Crippen LogP contribution in [0.15, 0.2) is 16.3 Å². The number of fused-ring (bicyclic) bond motifs is 1. The fourth-order valence-corrected chi connectivity index (χ4v) is 5.76. The minimum Gasteiger partial charge on any atom is -0.458 e. The Morgan fingerprint density at radius 3 is 2.56 bits per heavy atom. The van der Waals surface area contributed by atoms with Crippen molar-refractivity contribution in [2.24, 2.45) is 17.3 Å². The van der Waals surface area contributed by atoms with E-state index in [2.05, 4.69) is 11.9 Å². The van der Waals surface area contributed by atoms with E-state index in [-0.39, 0.29) is 35.9 Å². The lowest BCUT2D eigenvalue weighted by atomic mass is 9.71. The van der Waals surface area contributed by atoms with Gasteiger partial charge in [0.25, 0.3) is 0 Å². The van der Waals surface area contributed by atoms with Crippen molar-refractivity contribution in [3.05, 3.63) is 23.4 Å². The van der Waals surface area contributed by atoms with Gasteiger partial charge < -0.3 is 28.8 Å². The van der Waals surface area contributed by atoms with Gasteiger partial charge in [0.15, 0.2) is 5.89 Å². The van der Waals surface area contributed by atoms with Gasteiger partial charge in [-0.05, 0) is 57.1 Å². The number of Topliss-reactive ketones (excluding diaryl/α,β-unsaturated/α-hetero) is 1. The van der Waals surface area contributed by atoms with Crippen molar-refractivity contribution in [3.8, 4) is 0 Å². The Morgan fingerprint density at radius 1 is 1.21 bits per heavy atom. The fraction of sp³-hybridized carbons (Fsp3) is 0.767. The molecule has 3 fully saturated rings. The molecule has 1 aromatic heterocycles. The molecule has 1 aromatic rings. The van der Waals surface area contributed by atoms with Gasteiger partial charge in [-0.25, -0.2) is 4.98 Å². The van der Waals surface area contributed by atoms with Crippen molar-refractivity contribution in [2.45, 2.75) is 123 Å². The molecule has 8 unspecified atom stereocenters. The van der Waals surface area contributed by atoms with Crippen LogP contribution in [0.2, 0.25) is 0 Å². The van der Waals surface area contributed by atoms with E-state index in [1.165, 1.54) is 0 Å². The predicted octanol–water partition coefficient (Wildman–Crippen LogP) is 4.17. The molecular formula is C30H45NO8. The number of oxazole rings is 1. The van der Waals surface area contributed by atoms with Gasteiger partial charge in [0.1, 0.15) is 23.8 Å². The van der Waals surface area contributed by atoms with E-state index in [0.29, 0.717) is 37.5 Å². The van der Waals surface area contributed by atoms with Crippen LogP contribution in [0, 0.1) is 24.2 Å². The third kappa shape index (κ3) is 7.37. The summed E-state index contributed by atoms with van der Waals surface area (Å²) in [4.78, 5) is 31.2. The van der Waals surface area contributed by atoms with E-state index in [0.717, 1.165) is 24.8 Å². The maximum atomic E-state index is 13.8. The van der Waals surface area contributed by atoms with Gasteiger partial charge in [-0.3, -0.25) is 9.59 Å². The number of nitrogens with zero attached hydrogens (tertiary/aromatic N) is 1. The molecule has 9 nitrogen and oxygen atoms in total. The van der Waals surface area contributed by atoms with Crippen molar-refractivity contribution < 1.29 is 38.4 Å². The van der Waals surface area contributed by atoms with Gasteiger partial charge in [0, 0.05) is 19.3 Å². The molecule has 0 saturated carbocycles. The number of aryl methyl sites for hydroxylation is 1. The number of esters is 1. The Balaban J connectivity index is 1.57. The Morgan fingerprint density at radius 2 is 1.92 bits per heavy atom. The second-order valence-electron chi connectivity index (χ2n) is 12.6. The molecule has 9 heteroatoms. The summed E-state index contributed by atoms with van der Waals surface area (Å²) in [5.41, 5.74) is -0.158. The molecule has 4 heterocycles. The second-order valence-corrected chi connectivity index (χ2v) is 12.6. The van der Waals surface area contributed by atoms with Gasteiger partial charge in [-0.2, -0.15) is 0 Å². The van der Waals surface area contributed by atoms with Gasteiger partial charge in [0.05, 0.1) is 48.5 Å². The number of rotatable bonds is 5. The van der Waals surface area contributed by atoms with Crippen LogP contribution in [-0.2, 0) is 23.8 Å². The average molecular weight is 548 g/mol. The predicted molar refractivity (Wildman–Crippen MR) is 144 cm³/mol. The van der Waals surface area contributed by atoms with E-state index < -0.39 is 35.6 Å². The first-order chi connectivity index (χ1) is 18.3. The summed E-state index contributed by atoms with van der Waals surface area (Å²) >= 11 is 0. The smallest absolute Gasteiger partial charge is 0.309 e. The first-order valence-electron chi connectivity index (χ1n) is 14.3. The van der Waals surface area contributed by atoms with Gasteiger partial charge >= 0.3 is 5.97 Å². The van der Waals surface area contributed by atoms with Crippen molar-refractivity contribution in [3.63, 3.8) is 0 Å². The number of carbonyl (C=O) groups excluding carboxylic acids is 2. The lowest BCUT2D eigenvalue weighted by Gasteiger charge is -2.36. The summed E-state index contributed by atoms with van der Waals surface area (Å²) in [6, 6.07) is 0. The van der Waals surface area contributed by atoms with Crippen molar-refractivity contribution >= 4 is 17.8 Å². The van der Waals surface area contributed by atoms with Crippen molar-refractivity contribution in [2.75, 3.05) is 6.61 Å². The third-order valence-electron chi connectivity index (χ3n) is 8.95. The van der Waals surface area contributed by atoms with Crippen molar-refractivity contribution in [1.82, 2.24) is 4.98 Å². The number of aliphatic hydroxyl groups is 2. The number of ether oxygens (including phenoxy) is 3. The molecule has 4 rings (SSSR count). The zero-order valence-electron chi connectivity index (χ0n) is 24.1. The Kier molecular flexibility index (Phi) is 9.05. The van der Waals surface area contributed by atoms with Crippen LogP contribution in [0.1, 0.15) is 91.1 Å². The zero-order valence-corrected chi connectivity index (χ0v) is 24.1. The molecule has 3 aliphatic rings. The number of carbonyl (C=O) groups is 2. The summed E-state index contributed by atoms with van der Waals surface area (Å²) < 4.78 is 22.6. The molecule has 2 N–H and O–H groups in total. The molecule has 8 atom stereocenters. The molecule has 0 amide bonds. The number of aromatic nitrogens is 1. The molecule has 0 radical (unpaired) electrons. The summed E-state index contributed by atoms with van der Waals surface area (Å²) in [7, 11) is 0. The number of ketones is 1. The third-order valence-corrected chi connectivity index (χ3v) is 8.95. The van der Waals surface area contributed by atoms with Crippen LogP contribution in [0.3, 0.4) is 0 Å². The first kappa shape index (κ1) is 29.9. The highest BCUT2D eigenvalue weighted by Gasteiger charge is 2.53. The number of hydrogen-bond donors (Lipinski definition) is 2. The van der Waals surface area contributed by atoms with Crippen LogP contribution in [0.4, 0.5) is 0 Å². The topological polar surface area (TPSA) is 135 Å². The summed E-state index contributed by atoms with van der Waals surface area (Å²) in [6.45, 7) is 11.6. The summed E-state index contributed by atoms with van der Waals surface area (Å²) in [5.74, 6) is -1.04. The van der Waals surface area contributed by atoms with Crippen LogP contribution in [0.5, 0.6) is 0 Å². The van der Waals surface area contributed by atoms with E-state index in [4.69, 9.17) is 18.6 Å². The average Bonchev–Trinajstić information content (AvgIpc) is 3.76. The van der Waals surface area contributed by atoms with E-state index in [1.54, 1.807) is 27.0 Å². The molecule has 0 bridgehead atoms. The monoisotopic (exact) mass is 547 g/mol. The quantitative estimate of drug-likeness (QED) is 0.411. The largest absolute Gasteiger partial charge is 0.458 e. The van der Waals surface area contributed by atoms with E-state index in [1.807, 2.05) is 19.9 Å². The van der Waals surface area contributed by atoms with Gasteiger partial charge in [-0.1, -0.05) is 27.2 Å². The second kappa shape index (κ2) is 11.8. The van der Waals surface area contributed by atoms with Crippen LogP contribution >= 0.6 is 0 Å². The Bertz CT molecular complexity index is 1060. The Hall–Kier alpha value is -2.07. The van der Waals surface area contributed by atoms with Gasteiger partial charge in [0.2, 0.25) is 0 Å². The normalized spacial score (nSPS) is 38.2. The first-order valence-corrected chi connectivity index (χ1v) is 14.3. The summed E-state index contributed by atoms with van der Waals surface area (Å²) in [6.07, 6.45) is 4.43.